The van der Waals surface area contributed by atoms with Crippen LogP contribution in [0.3, 0.4) is 0 Å². The van der Waals surface area contributed by atoms with E-state index in [9.17, 15) is 20.2 Å². The normalized spacial score (nSPS) is 17.7. The highest BCUT2D eigenvalue weighted by atomic mass is 16.6. The highest BCUT2D eigenvalue weighted by molar-refractivity contribution is 6.03. The third kappa shape index (κ3) is 4.88. The second-order valence-corrected chi connectivity index (χ2v) is 11.3. The fraction of sp³-hybridized carbons (Fsp3) is 0.281. The zero-order valence-corrected chi connectivity index (χ0v) is 23.8. The highest BCUT2D eigenvalue weighted by Crippen LogP contribution is 2.49. The number of allylic oxidation sites excluding steroid dienone is 4. The van der Waals surface area contributed by atoms with E-state index >= 15 is 0 Å². The molecule has 0 atom stereocenters. The summed E-state index contributed by atoms with van der Waals surface area (Å²) in [4.78, 5) is 24.4. The van der Waals surface area contributed by atoms with Gasteiger partial charge in [-0.25, -0.2) is 0 Å². The maximum atomic E-state index is 11.6. The van der Waals surface area contributed by atoms with Crippen molar-refractivity contribution in [1.82, 2.24) is 0 Å². The van der Waals surface area contributed by atoms with Crippen LogP contribution in [-0.2, 0) is 10.8 Å². The van der Waals surface area contributed by atoms with Crippen LogP contribution in [0.15, 0.2) is 90.7 Å². The number of ether oxygens (including phenoxy) is 1. The first-order valence-corrected chi connectivity index (χ1v) is 13.5. The van der Waals surface area contributed by atoms with E-state index < -0.39 is 10.8 Å². The number of benzene rings is 3. The molecule has 0 saturated heterocycles. The first kappa shape index (κ1) is 27.8. The molecule has 41 heavy (non-hydrogen) atoms. The molecule has 0 spiro atoms. The van der Waals surface area contributed by atoms with E-state index in [1.54, 1.807) is 24.3 Å². The molecule has 0 radical (unpaired) electrons. The van der Waals surface area contributed by atoms with Crippen LogP contribution >= 0.6 is 0 Å². The van der Waals surface area contributed by atoms with Gasteiger partial charge in [0.05, 0.1) is 21.8 Å². The van der Waals surface area contributed by atoms with Gasteiger partial charge < -0.3 is 9.64 Å². The monoisotopic (exact) mass is 553 g/mol. The van der Waals surface area contributed by atoms with E-state index in [0.717, 1.165) is 39.7 Å². The van der Waals surface area contributed by atoms with Crippen molar-refractivity contribution in [3.05, 3.63) is 122 Å². The molecule has 0 amide bonds. The summed E-state index contributed by atoms with van der Waals surface area (Å²) in [5.41, 5.74) is 4.85. The fourth-order valence-electron chi connectivity index (χ4n) is 5.96. The van der Waals surface area contributed by atoms with Crippen molar-refractivity contribution >= 4 is 28.5 Å². The number of rotatable bonds is 8. The Hall–Kier alpha value is -4.79. The van der Waals surface area contributed by atoms with Crippen molar-refractivity contribution in [3.8, 4) is 5.75 Å². The highest BCUT2D eigenvalue weighted by Gasteiger charge is 2.44. The van der Waals surface area contributed by atoms with Gasteiger partial charge in [-0.2, -0.15) is 4.58 Å². The number of fused-ring (bicyclic) bond motifs is 2. The molecule has 5 rings (SSSR count). The third-order valence-electron chi connectivity index (χ3n) is 8.15. The van der Waals surface area contributed by atoms with Gasteiger partial charge in [-0.3, -0.25) is 20.2 Å². The van der Waals surface area contributed by atoms with Gasteiger partial charge in [0.15, 0.2) is 5.71 Å². The van der Waals surface area contributed by atoms with Crippen molar-refractivity contribution in [1.29, 1.82) is 0 Å². The van der Waals surface area contributed by atoms with Crippen molar-refractivity contribution < 1.29 is 19.2 Å². The van der Waals surface area contributed by atoms with E-state index in [1.165, 1.54) is 6.07 Å². The zero-order valence-electron chi connectivity index (χ0n) is 23.8. The Morgan fingerprint density at radius 1 is 0.878 bits per heavy atom. The predicted molar refractivity (Wildman–Crippen MR) is 160 cm³/mol. The average Bonchev–Trinajstić information content (AvgIpc) is 3.27. The number of nitro benzene ring substituents is 2. The van der Waals surface area contributed by atoms with Crippen LogP contribution < -0.4 is 9.64 Å². The van der Waals surface area contributed by atoms with Crippen LogP contribution in [0.25, 0.3) is 0 Å². The summed E-state index contributed by atoms with van der Waals surface area (Å²) in [5.74, 6) is 0.781. The molecule has 3 aromatic carbocycles. The molecule has 0 saturated carbocycles. The van der Waals surface area contributed by atoms with E-state index in [1.807, 2.05) is 55.6 Å². The molecule has 3 aromatic rings. The molecule has 9 nitrogen and oxygen atoms in total. The number of anilines is 1. The molecule has 0 aliphatic carbocycles. The van der Waals surface area contributed by atoms with E-state index in [0.29, 0.717) is 13.2 Å². The SMILES string of the molecule is C[N+]1=C(C=CC=C2N(CCOc3ccccc3)c3ccc([N+](=O)[O-])cc3C2(C)C)C(C)(C)c2cc([N+](=O)[O-])ccc21. The molecule has 0 unspecified atom stereocenters. The Balaban J connectivity index is 1.49. The number of non-ortho nitro benzene ring substituents is 2. The fourth-order valence-corrected chi connectivity index (χ4v) is 5.96. The van der Waals surface area contributed by atoms with Gasteiger partial charge in [0.2, 0.25) is 5.69 Å². The summed E-state index contributed by atoms with van der Waals surface area (Å²) in [6.07, 6.45) is 6.09. The predicted octanol–water partition coefficient (Wildman–Crippen LogP) is 6.83. The molecular formula is C32H33N4O5+. The quantitative estimate of drug-likeness (QED) is 0.172. The molecule has 2 aliphatic heterocycles. The van der Waals surface area contributed by atoms with Gasteiger partial charge in [-0.05, 0) is 43.7 Å². The average molecular weight is 554 g/mol. The first-order valence-electron chi connectivity index (χ1n) is 13.5. The lowest BCUT2D eigenvalue weighted by molar-refractivity contribution is -0.402. The number of para-hydroxylation sites is 1. The number of nitro groups is 2. The van der Waals surface area contributed by atoms with E-state index in [2.05, 4.69) is 43.2 Å². The van der Waals surface area contributed by atoms with Crippen molar-refractivity contribution in [2.45, 2.75) is 38.5 Å². The summed E-state index contributed by atoms with van der Waals surface area (Å²) in [5, 5.41) is 23.0. The number of hydrogen-bond acceptors (Lipinski definition) is 6. The lowest BCUT2D eigenvalue weighted by Gasteiger charge is -2.27. The Bertz CT molecular complexity index is 1640. The lowest BCUT2D eigenvalue weighted by atomic mass is 9.81. The van der Waals surface area contributed by atoms with Gasteiger partial charge in [0, 0.05) is 58.8 Å². The third-order valence-corrected chi connectivity index (χ3v) is 8.15. The molecule has 2 heterocycles. The topological polar surface area (TPSA) is 102 Å². The van der Waals surface area contributed by atoms with Gasteiger partial charge >= 0.3 is 0 Å². The summed E-state index contributed by atoms with van der Waals surface area (Å²) in [7, 11) is 1.97. The zero-order chi connectivity index (χ0) is 29.5. The summed E-state index contributed by atoms with van der Waals surface area (Å²) < 4.78 is 8.06. The minimum Gasteiger partial charge on any atom is -0.492 e. The molecule has 0 fully saturated rings. The van der Waals surface area contributed by atoms with Gasteiger partial charge in [-0.15, -0.1) is 0 Å². The number of nitrogens with zero attached hydrogens (tertiary/aromatic N) is 4. The minimum atomic E-state index is -0.496. The molecule has 210 valence electrons. The Labute approximate surface area is 239 Å². The van der Waals surface area contributed by atoms with Gasteiger partial charge in [0.25, 0.3) is 11.4 Å². The Kier molecular flexibility index (Phi) is 6.98. The van der Waals surface area contributed by atoms with Crippen molar-refractivity contribution in [3.63, 3.8) is 0 Å². The molecule has 9 heteroatoms. The molecule has 2 aliphatic rings. The molecule has 0 bridgehead atoms. The molecular weight excluding hydrogens is 520 g/mol. The van der Waals surface area contributed by atoms with Crippen LogP contribution in [0.4, 0.5) is 22.7 Å². The van der Waals surface area contributed by atoms with Crippen LogP contribution in [0.5, 0.6) is 5.75 Å². The van der Waals surface area contributed by atoms with E-state index in [4.69, 9.17) is 4.74 Å². The molecule has 0 N–H and O–H groups in total. The standard InChI is InChI=1S/C32H33N4O5/c1-31(2)25-20-22(35(37)38)14-16-27(25)33(5)29(31)12-9-13-30-32(3,4)26-21-23(36(39)40)15-17-28(26)34(30)18-19-41-24-10-7-6-8-11-24/h6-17,20-21H,18-19H2,1-5H3/q+1. The second-order valence-electron chi connectivity index (χ2n) is 11.3. The van der Waals surface area contributed by atoms with Crippen LogP contribution in [0.2, 0.25) is 0 Å². The maximum Gasteiger partial charge on any atom is 0.270 e. The summed E-state index contributed by atoms with van der Waals surface area (Å²) in [6, 6.07) is 19.6. The second kappa shape index (κ2) is 10.3. The number of hydrogen-bond donors (Lipinski definition) is 0. The summed E-state index contributed by atoms with van der Waals surface area (Å²) >= 11 is 0. The lowest BCUT2D eigenvalue weighted by Crippen LogP contribution is -2.30. The van der Waals surface area contributed by atoms with Gasteiger partial charge in [0.1, 0.15) is 19.4 Å². The maximum absolute atomic E-state index is 11.6. The van der Waals surface area contributed by atoms with Crippen molar-refractivity contribution in [2.75, 3.05) is 25.1 Å². The van der Waals surface area contributed by atoms with Crippen LogP contribution in [0, 0.1) is 20.2 Å². The summed E-state index contributed by atoms with van der Waals surface area (Å²) in [6.45, 7) is 9.25. The minimum absolute atomic E-state index is 0.0610. The molecule has 0 aromatic heterocycles. The Morgan fingerprint density at radius 3 is 2.17 bits per heavy atom. The van der Waals surface area contributed by atoms with E-state index in [-0.39, 0.29) is 21.2 Å². The van der Waals surface area contributed by atoms with Gasteiger partial charge in [-0.1, -0.05) is 38.1 Å². The van der Waals surface area contributed by atoms with Crippen LogP contribution in [0.1, 0.15) is 38.8 Å². The first-order chi connectivity index (χ1) is 19.4. The smallest absolute Gasteiger partial charge is 0.270 e. The largest absolute Gasteiger partial charge is 0.492 e. The van der Waals surface area contributed by atoms with Crippen LogP contribution in [-0.4, -0.2) is 40.3 Å². The Morgan fingerprint density at radius 2 is 1.51 bits per heavy atom. The van der Waals surface area contributed by atoms with Crippen molar-refractivity contribution in [2.24, 2.45) is 0 Å².